The van der Waals surface area contributed by atoms with E-state index in [1.807, 2.05) is 0 Å². The van der Waals surface area contributed by atoms with E-state index in [0.717, 1.165) is 122 Å². The third-order valence-electron chi connectivity index (χ3n) is 18.4. The van der Waals surface area contributed by atoms with Gasteiger partial charge in [0.15, 0.2) is 6.10 Å². The summed E-state index contributed by atoms with van der Waals surface area (Å²) in [7, 11) is 0. The quantitative estimate of drug-likeness (QED) is 0.124. The van der Waals surface area contributed by atoms with Gasteiger partial charge in [-0.05, 0) is 119 Å². The molecule has 0 spiro atoms. The van der Waals surface area contributed by atoms with Gasteiger partial charge in [0.1, 0.15) is 18.0 Å². The molecule has 0 aromatic heterocycles. The number of fused-ring (bicyclic) bond motifs is 5. The molecule has 59 heavy (non-hydrogen) atoms. The van der Waals surface area contributed by atoms with Gasteiger partial charge in [-0.2, -0.15) is 0 Å². The van der Waals surface area contributed by atoms with Crippen molar-refractivity contribution >= 4 is 23.7 Å². The van der Waals surface area contributed by atoms with E-state index in [1.54, 1.807) is 13.8 Å². The molecule has 0 radical (unpaired) electrons. The van der Waals surface area contributed by atoms with Crippen LogP contribution in [0.4, 0.5) is 0 Å². The van der Waals surface area contributed by atoms with E-state index >= 15 is 0 Å². The van der Waals surface area contributed by atoms with Gasteiger partial charge in [-0.3, -0.25) is 19.2 Å². The van der Waals surface area contributed by atoms with Crippen LogP contribution in [0.2, 0.25) is 0 Å². The highest BCUT2D eigenvalue weighted by atomic mass is 16.6. The number of hydrogen-bond acceptors (Lipinski definition) is 8. The largest absolute Gasteiger partial charge is 0.461 e. The van der Waals surface area contributed by atoms with Crippen LogP contribution in [0.5, 0.6) is 0 Å². The summed E-state index contributed by atoms with van der Waals surface area (Å²) in [6.45, 7) is 17.3. The van der Waals surface area contributed by atoms with Gasteiger partial charge in [0, 0.05) is 24.2 Å². The number of allylic oxidation sites excluding steroid dienone is 1. The fraction of sp³-hybridized carbons (Fsp3) is 0.882. The lowest BCUT2D eigenvalue weighted by Crippen LogP contribution is -2.66. The number of hydrogen-bond donors (Lipinski definition) is 1. The van der Waals surface area contributed by atoms with Crippen molar-refractivity contribution in [1.82, 2.24) is 0 Å². The molecule has 0 unspecified atom stereocenters. The maximum atomic E-state index is 14.2. The number of ether oxygens (including phenoxy) is 3. The van der Waals surface area contributed by atoms with Crippen LogP contribution in [0.3, 0.4) is 0 Å². The number of rotatable bonds is 11. The maximum absolute atomic E-state index is 14.2. The molecule has 332 valence electrons. The third kappa shape index (κ3) is 8.38. The van der Waals surface area contributed by atoms with Crippen LogP contribution >= 0.6 is 0 Å². The van der Waals surface area contributed by atoms with Crippen molar-refractivity contribution in [2.24, 2.45) is 57.2 Å². The number of Topliss-reactive ketones (excluding diaryl/α,β-unsaturated/α-hetero) is 1. The number of esters is 3. The monoisotopic (exact) mass is 821 g/mol. The molecule has 7 aliphatic rings. The van der Waals surface area contributed by atoms with Crippen LogP contribution in [0.15, 0.2) is 11.1 Å². The Hall–Kier alpha value is -2.22. The fourth-order valence-corrected chi connectivity index (χ4v) is 14.9. The molecule has 7 rings (SSSR count). The molecule has 8 nitrogen and oxygen atoms in total. The highest BCUT2D eigenvalue weighted by Gasteiger charge is 2.70. The topological polar surface area (TPSA) is 116 Å². The minimum absolute atomic E-state index is 0.0257. The fourth-order valence-electron chi connectivity index (χ4n) is 14.9. The maximum Gasteiger partial charge on any atom is 0.309 e. The second-order valence-electron chi connectivity index (χ2n) is 22.8. The Bertz CT molecular complexity index is 1600. The van der Waals surface area contributed by atoms with Crippen LogP contribution in [0.25, 0.3) is 0 Å². The molecule has 0 amide bonds. The van der Waals surface area contributed by atoms with Gasteiger partial charge in [0.25, 0.3) is 0 Å². The molecule has 0 aliphatic heterocycles. The van der Waals surface area contributed by atoms with Crippen LogP contribution in [-0.4, -0.2) is 52.7 Å². The molecule has 7 aliphatic carbocycles. The number of aliphatic hydroxyl groups is 1. The van der Waals surface area contributed by atoms with Gasteiger partial charge in [-0.25, -0.2) is 0 Å². The molecule has 0 saturated heterocycles. The normalized spacial score (nSPS) is 36.1. The lowest BCUT2D eigenvalue weighted by atomic mass is 9.36. The molecule has 6 fully saturated rings. The Morgan fingerprint density at radius 2 is 1.24 bits per heavy atom. The summed E-state index contributed by atoms with van der Waals surface area (Å²) in [4.78, 5) is 55.5. The molecule has 0 bridgehead atoms. The summed E-state index contributed by atoms with van der Waals surface area (Å²) in [6, 6.07) is 0. The highest BCUT2D eigenvalue weighted by molar-refractivity contribution is 5.85. The van der Waals surface area contributed by atoms with Crippen molar-refractivity contribution in [1.29, 1.82) is 0 Å². The first kappa shape index (κ1) is 44.8. The summed E-state index contributed by atoms with van der Waals surface area (Å²) < 4.78 is 19.8. The molecule has 8 heteroatoms. The van der Waals surface area contributed by atoms with Crippen molar-refractivity contribution in [2.45, 2.75) is 227 Å². The first-order valence-corrected chi connectivity index (χ1v) is 24.4. The third-order valence-corrected chi connectivity index (χ3v) is 18.4. The minimum atomic E-state index is -1.43. The zero-order chi connectivity index (χ0) is 42.5. The lowest BCUT2D eigenvalue weighted by Gasteiger charge is -2.69. The van der Waals surface area contributed by atoms with E-state index in [-0.39, 0.29) is 75.8 Å². The SMILES string of the molecule is C[C@H](C[C@H](OC(=O)C1CCCCC1)[C@@H](OC(=O)C1CCCCC1)C(C)(C)O)C1=C2C[C@H](OC(=O)C3CCCCC3)[C@H]3[C@@]4(C)CCC(=O)C(C)(C)[C@@H]4CC[C@]3(C)[C@@]2(C)CC1. The van der Waals surface area contributed by atoms with Gasteiger partial charge in [-0.15, -0.1) is 0 Å². The van der Waals surface area contributed by atoms with Gasteiger partial charge in [0.05, 0.1) is 23.4 Å². The Balaban J connectivity index is 1.24. The average Bonchev–Trinajstić information content (AvgIpc) is 3.56. The van der Waals surface area contributed by atoms with Crippen LogP contribution in [0, 0.1) is 57.2 Å². The molecular weight excluding hydrogens is 741 g/mol. The van der Waals surface area contributed by atoms with E-state index < -0.39 is 23.2 Å². The van der Waals surface area contributed by atoms with Crippen molar-refractivity contribution < 1.29 is 38.5 Å². The first-order chi connectivity index (χ1) is 27.8. The summed E-state index contributed by atoms with van der Waals surface area (Å²) in [5.41, 5.74) is 0.465. The van der Waals surface area contributed by atoms with Gasteiger partial charge >= 0.3 is 17.9 Å². The lowest BCUT2D eigenvalue weighted by molar-refractivity contribution is -0.220. The predicted octanol–water partition coefficient (Wildman–Crippen LogP) is 11.2. The van der Waals surface area contributed by atoms with Crippen molar-refractivity contribution in [2.75, 3.05) is 0 Å². The zero-order valence-electron chi connectivity index (χ0n) is 38.3. The van der Waals surface area contributed by atoms with E-state index in [4.69, 9.17) is 14.2 Å². The Labute approximate surface area is 356 Å². The average molecular weight is 821 g/mol. The van der Waals surface area contributed by atoms with E-state index in [9.17, 15) is 24.3 Å². The van der Waals surface area contributed by atoms with Crippen molar-refractivity contribution in [3.05, 3.63) is 11.1 Å². The van der Waals surface area contributed by atoms with Crippen molar-refractivity contribution in [3.8, 4) is 0 Å². The van der Waals surface area contributed by atoms with E-state index in [2.05, 4.69) is 41.5 Å². The Morgan fingerprint density at radius 3 is 1.78 bits per heavy atom. The van der Waals surface area contributed by atoms with Gasteiger partial charge in [-0.1, -0.05) is 110 Å². The van der Waals surface area contributed by atoms with E-state index in [1.165, 1.54) is 17.6 Å². The second-order valence-corrected chi connectivity index (χ2v) is 22.8. The first-order valence-electron chi connectivity index (χ1n) is 24.4. The minimum Gasteiger partial charge on any atom is -0.461 e. The number of carbonyl (C=O) groups is 4. The summed E-state index contributed by atoms with van der Waals surface area (Å²) in [6.07, 6.45) is 18.8. The van der Waals surface area contributed by atoms with Gasteiger partial charge < -0.3 is 19.3 Å². The molecule has 6 saturated carbocycles. The molecule has 9 atom stereocenters. The summed E-state index contributed by atoms with van der Waals surface area (Å²) in [5.74, 6) is -0.290. The Kier molecular flexibility index (Phi) is 13.0. The molecular formula is C51H80O8. The number of carbonyl (C=O) groups excluding carboxylic acids is 4. The number of ketones is 1. The Morgan fingerprint density at radius 1 is 0.712 bits per heavy atom. The van der Waals surface area contributed by atoms with Crippen LogP contribution in [0.1, 0.15) is 203 Å². The smallest absolute Gasteiger partial charge is 0.309 e. The van der Waals surface area contributed by atoms with E-state index in [0.29, 0.717) is 25.0 Å². The second kappa shape index (κ2) is 17.2. The zero-order valence-corrected chi connectivity index (χ0v) is 38.3. The van der Waals surface area contributed by atoms with Crippen molar-refractivity contribution in [3.63, 3.8) is 0 Å². The molecule has 1 N–H and O–H groups in total. The van der Waals surface area contributed by atoms with Crippen LogP contribution in [-0.2, 0) is 33.4 Å². The molecule has 0 aromatic carbocycles. The van der Waals surface area contributed by atoms with Gasteiger partial charge in [0.2, 0.25) is 0 Å². The summed E-state index contributed by atoms with van der Waals surface area (Å²) >= 11 is 0. The molecule has 0 aromatic rings. The summed E-state index contributed by atoms with van der Waals surface area (Å²) in [5, 5.41) is 11.7. The highest BCUT2D eigenvalue weighted by Crippen LogP contribution is 2.74. The van der Waals surface area contributed by atoms with Crippen LogP contribution < -0.4 is 0 Å². The predicted molar refractivity (Wildman–Crippen MR) is 229 cm³/mol. The molecule has 0 heterocycles. The standard InChI is InChI=1S/C51H80O8/c1-32(30-39(58-45(54)34-20-14-10-15-21-34)43(48(4,5)56)59-46(55)35-22-16-11-17-23-35)36-24-28-50(7)37(36)31-38(57-44(53)33-18-12-9-13-19-33)42-49(6)27-26-41(52)47(2,3)40(49)25-29-51(42,50)8/h32-35,38-40,42-43,56H,9-31H2,1-8H3/t32-,38+,39+,40+,42+,43-,49+,50+,51+/m1/s1.